The predicted octanol–water partition coefficient (Wildman–Crippen LogP) is 4.79. The zero-order valence-corrected chi connectivity index (χ0v) is 22.9. The number of aromatic nitrogens is 2. The van der Waals surface area contributed by atoms with Crippen LogP contribution in [0.5, 0.6) is 0 Å². The molecule has 12 heteroatoms. The van der Waals surface area contributed by atoms with Crippen molar-refractivity contribution < 1.29 is 32.7 Å². The Hall–Kier alpha value is -3.89. The van der Waals surface area contributed by atoms with Gasteiger partial charge in [-0.3, -0.25) is 13.9 Å². The van der Waals surface area contributed by atoms with E-state index in [0.717, 1.165) is 0 Å². The fraction of sp³-hybridized carbons (Fsp3) is 0.286. The number of esters is 1. The van der Waals surface area contributed by atoms with Crippen LogP contribution in [0.25, 0.3) is 0 Å². The minimum Gasteiger partial charge on any atom is -0.454 e. The largest absolute Gasteiger partial charge is 0.454 e. The quantitative estimate of drug-likeness (QED) is 0.256. The number of hydrogen-bond donors (Lipinski definition) is 1. The summed E-state index contributed by atoms with van der Waals surface area (Å²) in [6.45, 7) is 3.76. The molecule has 1 aliphatic rings. The Morgan fingerprint density at radius 2 is 1.65 bits per heavy atom. The van der Waals surface area contributed by atoms with Gasteiger partial charge in [-0.1, -0.05) is 36.4 Å². The van der Waals surface area contributed by atoms with Crippen LogP contribution in [0.3, 0.4) is 0 Å². The molecule has 1 fully saturated rings. The molecule has 2 heterocycles. The first-order chi connectivity index (χ1) is 19.3. The van der Waals surface area contributed by atoms with Gasteiger partial charge in [0.25, 0.3) is 5.91 Å². The average Bonchev–Trinajstić information content (AvgIpc) is 3.35. The summed E-state index contributed by atoms with van der Waals surface area (Å²) < 4.78 is 36.4. The van der Waals surface area contributed by atoms with Crippen molar-refractivity contribution in [2.24, 2.45) is 0 Å². The van der Waals surface area contributed by atoms with E-state index in [2.05, 4.69) is 10.3 Å². The smallest absolute Gasteiger partial charge is 0.353 e. The summed E-state index contributed by atoms with van der Waals surface area (Å²) >= 11 is 0. The fourth-order valence-corrected chi connectivity index (χ4v) is 5.43. The molecule has 0 spiro atoms. The van der Waals surface area contributed by atoms with Crippen LogP contribution in [0.15, 0.2) is 89.6 Å². The van der Waals surface area contributed by atoms with Gasteiger partial charge >= 0.3 is 19.3 Å². The number of carbonyl (C=O) groups is 2. The first-order valence-electron chi connectivity index (χ1n) is 12.8. The minimum absolute atomic E-state index is 0.0525. The summed E-state index contributed by atoms with van der Waals surface area (Å²) in [7, 11) is -3.50. The van der Waals surface area contributed by atoms with Gasteiger partial charge < -0.3 is 23.8 Å². The summed E-state index contributed by atoms with van der Waals surface area (Å²) in [5.41, 5.74) is 0.0175. The Morgan fingerprint density at radius 1 is 1.02 bits per heavy atom. The summed E-state index contributed by atoms with van der Waals surface area (Å²) in [6.07, 6.45) is 0.475. The Balaban J connectivity index is 1.57. The molecule has 0 radical (unpaired) electrons. The molecular weight excluding hydrogens is 537 g/mol. The minimum atomic E-state index is -3.50. The van der Waals surface area contributed by atoms with E-state index in [1.807, 2.05) is 0 Å². The third kappa shape index (κ3) is 7.40. The molecule has 3 atom stereocenters. The van der Waals surface area contributed by atoms with Gasteiger partial charge in [0.2, 0.25) is 0 Å². The van der Waals surface area contributed by atoms with E-state index in [-0.39, 0.29) is 25.5 Å². The molecule has 0 saturated carbocycles. The van der Waals surface area contributed by atoms with Crippen LogP contribution in [0.2, 0.25) is 0 Å². The Morgan fingerprint density at radius 3 is 2.25 bits per heavy atom. The van der Waals surface area contributed by atoms with Crippen LogP contribution in [0, 0.1) is 0 Å². The lowest BCUT2D eigenvalue weighted by Gasteiger charge is -2.21. The van der Waals surface area contributed by atoms with Gasteiger partial charge in [-0.25, -0.2) is 9.59 Å². The van der Waals surface area contributed by atoms with Crippen LogP contribution in [0.4, 0.5) is 5.82 Å². The van der Waals surface area contributed by atoms with Crippen molar-refractivity contribution in [1.29, 1.82) is 0 Å². The maximum absolute atomic E-state index is 13.0. The number of benzene rings is 2. The van der Waals surface area contributed by atoms with E-state index in [1.54, 1.807) is 74.5 Å². The Kier molecular flexibility index (Phi) is 9.79. The van der Waals surface area contributed by atoms with Crippen molar-refractivity contribution in [3.63, 3.8) is 0 Å². The number of carbonyl (C=O) groups excluding carboxylic acids is 2. The lowest BCUT2D eigenvalue weighted by Crippen LogP contribution is -2.34. The maximum Gasteiger partial charge on any atom is 0.353 e. The van der Waals surface area contributed by atoms with E-state index in [9.17, 15) is 18.9 Å². The number of hydrogen-bond acceptors (Lipinski definition) is 9. The summed E-state index contributed by atoms with van der Waals surface area (Å²) in [5.74, 6) is 0.352. The summed E-state index contributed by atoms with van der Waals surface area (Å²) in [6, 6.07) is 18.4. The molecule has 40 heavy (non-hydrogen) atoms. The molecule has 1 aromatic heterocycles. The highest BCUT2D eigenvalue weighted by atomic mass is 31.2. The molecule has 1 aliphatic heterocycles. The third-order valence-corrected chi connectivity index (χ3v) is 7.62. The number of ether oxygens (including phenoxy) is 2. The monoisotopic (exact) mass is 567 g/mol. The van der Waals surface area contributed by atoms with Crippen molar-refractivity contribution >= 4 is 25.3 Å². The lowest BCUT2D eigenvalue weighted by molar-refractivity contribution is -0.0421. The van der Waals surface area contributed by atoms with E-state index >= 15 is 0 Å². The Labute approximate surface area is 231 Å². The topological polar surface area (TPSA) is 135 Å². The van der Waals surface area contributed by atoms with Gasteiger partial charge in [0.15, 0.2) is 12.3 Å². The van der Waals surface area contributed by atoms with Gasteiger partial charge in [0.05, 0.1) is 24.9 Å². The SMILES string of the molecule is CCOP(=O)(/C=C/[C@@H]1C[C@@H](OC(=O)c2ccccc2)[C@H](n2ccc(NC(=O)c3ccccc3)nc2=O)O1)OCC. The second kappa shape index (κ2) is 13.5. The van der Waals surface area contributed by atoms with Crippen molar-refractivity contribution in [3.05, 3.63) is 106 Å². The number of nitrogens with zero attached hydrogens (tertiary/aromatic N) is 2. The van der Waals surface area contributed by atoms with E-state index in [0.29, 0.717) is 11.1 Å². The van der Waals surface area contributed by atoms with Crippen LogP contribution in [-0.4, -0.2) is 46.8 Å². The Bertz CT molecular complexity index is 1430. The van der Waals surface area contributed by atoms with Gasteiger partial charge in [0.1, 0.15) is 5.82 Å². The second-order valence-electron chi connectivity index (χ2n) is 8.65. The lowest BCUT2D eigenvalue weighted by atomic mass is 10.2. The number of amides is 1. The molecule has 4 rings (SSSR count). The van der Waals surface area contributed by atoms with E-state index < -0.39 is 43.6 Å². The van der Waals surface area contributed by atoms with Gasteiger partial charge in [-0.05, 0) is 50.3 Å². The molecule has 1 N–H and O–H groups in total. The van der Waals surface area contributed by atoms with E-state index in [1.165, 1.54) is 28.7 Å². The van der Waals surface area contributed by atoms with Crippen LogP contribution in [-0.2, 0) is 23.1 Å². The molecule has 11 nitrogen and oxygen atoms in total. The molecule has 3 aromatic rings. The first-order valence-corrected chi connectivity index (χ1v) is 14.4. The average molecular weight is 568 g/mol. The highest BCUT2D eigenvalue weighted by Gasteiger charge is 2.39. The third-order valence-electron chi connectivity index (χ3n) is 5.85. The van der Waals surface area contributed by atoms with Crippen molar-refractivity contribution in [3.8, 4) is 0 Å². The normalized spacial score (nSPS) is 19.0. The van der Waals surface area contributed by atoms with Crippen LogP contribution in [0.1, 0.15) is 47.2 Å². The highest BCUT2D eigenvalue weighted by Crippen LogP contribution is 2.50. The number of nitrogens with one attached hydrogen (secondary N) is 1. The van der Waals surface area contributed by atoms with E-state index in [4.69, 9.17) is 18.5 Å². The van der Waals surface area contributed by atoms with Crippen molar-refractivity contribution in [1.82, 2.24) is 9.55 Å². The molecule has 0 aliphatic carbocycles. The van der Waals surface area contributed by atoms with Crippen molar-refractivity contribution in [2.75, 3.05) is 18.5 Å². The number of anilines is 1. The highest BCUT2D eigenvalue weighted by molar-refractivity contribution is 7.57. The predicted molar refractivity (Wildman–Crippen MR) is 147 cm³/mol. The van der Waals surface area contributed by atoms with Gasteiger partial charge in [-0.2, -0.15) is 4.98 Å². The first kappa shape index (κ1) is 29.1. The molecule has 1 amide bonds. The second-order valence-corrected chi connectivity index (χ2v) is 10.5. The van der Waals surface area contributed by atoms with Crippen molar-refractivity contribution in [2.45, 2.75) is 38.7 Å². The standard InChI is InChI=1S/C28H30N3O8P/c1-3-36-40(35,37-4-2)18-16-22-19-23(39-27(33)21-13-9-6-10-14-21)26(38-22)31-17-15-24(30-28(31)34)29-25(32)20-11-7-5-8-12-20/h5-18,22-23,26H,3-4,19H2,1-2H3,(H,29,30,32,34)/b18-16+/t22-,23-,26-/m1/s1. The van der Waals surface area contributed by atoms with Crippen LogP contribution < -0.4 is 11.0 Å². The van der Waals surface area contributed by atoms with Crippen LogP contribution >= 0.6 is 7.60 Å². The maximum atomic E-state index is 13.0. The summed E-state index contributed by atoms with van der Waals surface area (Å²) in [5, 5.41) is 2.59. The zero-order valence-electron chi connectivity index (χ0n) is 22.0. The molecule has 0 unspecified atom stereocenters. The summed E-state index contributed by atoms with van der Waals surface area (Å²) in [4.78, 5) is 42.3. The zero-order chi connectivity index (χ0) is 28.5. The number of rotatable bonds is 11. The molecule has 210 valence electrons. The van der Waals surface area contributed by atoms with Gasteiger partial charge in [-0.15, -0.1) is 0 Å². The molecule has 0 bridgehead atoms. The van der Waals surface area contributed by atoms with Gasteiger partial charge in [0, 0.05) is 24.0 Å². The fourth-order valence-electron chi connectivity index (χ4n) is 4.06. The molecule has 2 aromatic carbocycles. The molecular formula is C28H30N3O8P. The molecule has 1 saturated heterocycles.